The Kier molecular flexibility index (Phi) is 9.02. The molecule has 0 bridgehead atoms. The Labute approximate surface area is 255 Å². The Balaban J connectivity index is 1.51. The molecule has 3 heteroatoms. The van der Waals surface area contributed by atoms with Gasteiger partial charge >= 0.3 is 0 Å². The minimum absolute atomic E-state index is 0.119. The average Bonchev–Trinajstić information content (AvgIpc) is 3.53. The van der Waals surface area contributed by atoms with Crippen LogP contribution in [0.25, 0.3) is 0 Å². The summed E-state index contributed by atoms with van der Waals surface area (Å²) < 4.78 is 0. The van der Waals surface area contributed by atoms with Crippen LogP contribution in [-0.2, 0) is 5.54 Å². The summed E-state index contributed by atoms with van der Waals surface area (Å²) in [4.78, 5) is 2.54. The van der Waals surface area contributed by atoms with Crippen molar-refractivity contribution in [3.05, 3.63) is 151 Å². The molecular weight excluding hydrogens is 544 g/mol. The lowest BCUT2D eigenvalue weighted by atomic mass is 9.77. The summed E-state index contributed by atoms with van der Waals surface area (Å²) in [5.74, 6) is 0.531. The third-order valence-electron chi connectivity index (χ3n) is 9.25. The van der Waals surface area contributed by atoms with Gasteiger partial charge in [0.25, 0.3) is 0 Å². The fourth-order valence-electron chi connectivity index (χ4n) is 7.06. The summed E-state index contributed by atoms with van der Waals surface area (Å²) in [6.07, 6.45) is 3.81. The maximum atomic E-state index is 2.54. The highest BCUT2D eigenvalue weighted by Crippen LogP contribution is 2.56. The molecule has 0 amide bonds. The highest BCUT2D eigenvalue weighted by molar-refractivity contribution is 7.80. The minimum atomic E-state index is -0.709. The molecule has 1 aliphatic carbocycles. The zero-order valence-corrected chi connectivity index (χ0v) is 26.8. The van der Waals surface area contributed by atoms with Crippen LogP contribution in [0.4, 0.5) is 0 Å². The second kappa shape index (κ2) is 13.1. The summed E-state index contributed by atoms with van der Waals surface area (Å²) in [6, 6.07) is 54.5. The molecule has 0 aliphatic heterocycles. The Morgan fingerprint density at radius 3 is 1.45 bits per heavy atom. The third kappa shape index (κ3) is 5.64. The normalized spacial score (nSPS) is 18.4. The van der Waals surface area contributed by atoms with Crippen molar-refractivity contribution in [2.75, 3.05) is 14.1 Å². The number of rotatable bonds is 9. The van der Waals surface area contributed by atoms with Gasteiger partial charge in [0.15, 0.2) is 0 Å². The van der Waals surface area contributed by atoms with Gasteiger partial charge in [-0.1, -0.05) is 152 Å². The molecule has 0 spiro atoms. The van der Waals surface area contributed by atoms with Crippen LogP contribution in [0.1, 0.15) is 31.7 Å². The van der Waals surface area contributed by atoms with Crippen LogP contribution >= 0.6 is 15.8 Å². The molecule has 3 atom stereocenters. The molecule has 5 aromatic carbocycles. The highest BCUT2D eigenvalue weighted by Gasteiger charge is 2.48. The maximum absolute atomic E-state index is 2.54. The van der Waals surface area contributed by atoms with Crippen LogP contribution in [0.15, 0.2) is 146 Å². The van der Waals surface area contributed by atoms with Gasteiger partial charge in [-0.05, 0) is 93.4 Å². The molecule has 212 valence electrons. The SMILES string of the molecule is CN(C)[C@](C)(c1ccccc1P(c1ccccc1)c1ccccc1)C1CCCC1P(c1ccccc1)c1ccccc1. The molecule has 0 N–H and O–H groups in total. The third-order valence-corrected chi connectivity index (χ3v) is 14.7. The molecule has 42 heavy (non-hydrogen) atoms. The Hall–Kier alpha value is -3.08. The van der Waals surface area contributed by atoms with E-state index in [1.165, 1.54) is 51.3 Å². The lowest BCUT2D eigenvalue weighted by Crippen LogP contribution is -2.50. The van der Waals surface area contributed by atoms with Gasteiger partial charge in [-0.25, -0.2) is 0 Å². The summed E-state index contributed by atoms with van der Waals surface area (Å²) >= 11 is 0. The topological polar surface area (TPSA) is 3.24 Å². The summed E-state index contributed by atoms with van der Waals surface area (Å²) in [5, 5.41) is 7.30. The largest absolute Gasteiger partial charge is 0.300 e. The van der Waals surface area contributed by atoms with Gasteiger partial charge in [0.1, 0.15) is 0 Å². The lowest BCUT2D eigenvalue weighted by molar-refractivity contribution is 0.100. The Morgan fingerprint density at radius 1 is 0.548 bits per heavy atom. The Morgan fingerprint density at radius 2 is 0.976 bits per heavy atom. The first-order valence-electron chi connectivity index (χ1n) is 15.2. The molecule has 1 nitrogen and oxygen atoms in total. The van der Waals surface area contributed by atoms with Crippen LogP contribution in [0.5, 0.6) is 0 Å². The zero-order valence-electron chi connectivity index (χ0n) is 25.0. The van der Waals surface area contributed by atoms with Gasteiger partial charge < -0.3 is 0 Å². The van der Waals surface area contributed by atoms with Crippen molar-refractivity contribution < 1.29 is 0 Å². The number of benzene rings is 5. The van der Waals surface area contributed by atoms with Gasteiger partial charge in [-0.3, -0.25) is 4.90 Å². The summed E-state index contributed by atoms with van der Waals surface area (Å²) in [6.45, 7) is 2.54. The van der Waals surface area contributed by atoms with Crippen molar-refractivity contribution >= 4 is 42.4 Å². The van der Waals surface area contributed by atoms with Crippen LogP contribution in [-0.4, -0.2) is 24.7 Å². The second-order valence-electron chi connectivity index (χ2n) is 11.7. The van der Waals surface area contributed by atoms with E-state index in [-0.39, 0.29) is 5.54 Å². The molecule has 0 heterocycles. The fourth-order valence-corrected chi connectivity index (χ4v) is 12.9. The van der Waals surface area contributed by atoms with Gasteiger partial charge in [0.05, 0.1) is 0 Å². The molecule has 0 aromatic heterocycles. The molecular formula is C39H41NP2. The lowest BCUT2D eigenvalue weighted by Gasteiger charge is -2.48. The van der Waals surface area contributed by atoms with Gasteiger partial charge in [-0.15, -0.1) is 0 Å². The van der Waals surface area contributed by atoms with Gasteiger partial charge in [0, 0.05) is 5.54 Å². The van der Waals surface area contributed by atoms with Crippen molar-refractivity contribution in [1.29, 1.82) is 0 Å². The molecule has 5 aromatic rings. The molecule has 0 saturated heterocycles. The number of nitrogens with zero attached hydrogens (tertiary/aromatic N) is 1. The predicted molar refractivity (Wildman–Crippen MR) is 186 cm³/mol. The maximum Gasteiger partial charge on any atom is 0.0467 e. The number of hydrogen-bond acceptors (Lipinski definition) is 1. The molecule has 1 saturated carbocycles. The van der Waals surface area contributed by atoms with E-state index in [0.717, 1.165) is 0 Å². The first-order chi connectivity index (χ1) is 20.6. The van der Waals surface area contributed by atoms with E-state index in [0.29, 0.717) is 11.6 Å². The molecule has 1 aliphatic rings. The summed E-state index contributed by atoms with van der Waals surface area (Å²) in [7, 11) is 3.41. The zero-order chi connectivity index (χ0) is 28.9. The van der Waals surface area contributed by atoms with E-state index >= 15 is 0 Å². The van der Waals surface area contributed by atoms with E-state index < -0.39 is 15.8 Å². The van der Waals surface area contributed by atoms with Crippen LogP contribution in [0.2, 0.25) is 0 Å². The molecule has 6 rings (SSSR count). The van der Waals surface area contributed by atoms with Crippen LogP contribution in [0.3, 0.4) is 0 Å². The standard InChI is InChI=1S/C39H41NP2/c1-39(40(2)3,36-28-18-30-38(36)42(33-23-12-6-13-24-33)34-25-14-7-15-26-34)35-27-16-17-29-37(35)41(31-19-8-4-9-20-31)32-21-10-5-11-22-32/h4-17,19-27,29,36,38H,18,28,30H2,1-3H3/t36?,38?,39-/m1/s1. The van der Waals surface area contributed by atoms with E-state index in [2.05, 4.69) is 172 Å². The first-order valence-corrected chi connectivity index (χ1v) is 17.9. The van der Waals surface area contributed by atoms with E-state index in [4.69, 9.17) is 0 Å². The Bertz CT molecular complexity index is 1480. The smallest absolute Gasteiger partial charge is 0.0467 e. The van der Waals surface area contributed by atoms with E-state index in [1.54, 1.807) is 0 Å². The molecule has 2 unspecified atom stereocenters. The van der Waals surface area contributed by atoms with Crippen LogP contribution in [0, 0.1) is 5.92 Å². The van der Waals surface area contributed by atoms with Crippen molar-refractivity contribution in [1.82, 2.24) is 4.90 Å². The average molecular weight is 586 g/mol. The second-order valence-corrected chi connectivity index (χ2v) is 16.3. The van der Waals surface area contributed by atoms with Crippen molar-refractivity contribution in [2.24, 2.45) is 5.92 Å². The fraction of sp³-hybridized carbons (Fsp3) is 0.231. The highest BCUT2D eigenvalue weighted by atomic mass is 31.1. The monoisotopic (exact) mass is 585 g/mol. The van der Waals surface area contributed by atoms with E-state index in [1.807, 2.05) is 0 Å². The van der Waals surface area contributed by atoms with Gasteiger partial charge in [-0.2, -0.15) is 0 Å². The van der Waals surface area contributed by atoms with Gasteiger partial charge in [0.2, 0.25) is 0 Å². The van der Waals surface area contributed by atoms with Crippen molar-refractivity contribution in [3.8, 4) is 0 Å². The van der Waals surface area contributed by atoms with Crippen molar-refractivity contribution in [3.63, 3.8) is 0 Å². The minimum Gasteiger partial charge on any atom is -0.300 e. The predicted octanol–water partition coefficient (Wildman–Crippen LogP) is 7.52. The first kappa shape index (κ1) is 29.0. The summed E-state index contributed by atoms with van der Waals surface area (Å²) in [5.41, 5.74) is 1.97. The van der Waals surface area contributed by atoms with Crippen molar-refractivity contribution in [2.45, 2.75) is 37.4 Å². The van der Waals surface area contributed by atoms with E-state index in [9.17, 15) is 0 Å². The molecule has 0 radical (unpaired) electrons. The number of hydrogen-bond donors (Lipinski definition) is 0. The van der Waals surface area contributed by atoms with Crippen LogP contribution < -0.4 is 26.5 Å². The quantitative estimate of drug-likeness (QED) is 0.162. The molecule has 1 fully saturated rings.